The van der Waals surface area contributed by atoms with Gasteiger partial charge >= 0.3 is 0 Å². The summed E-state index contributed by atoms with van der Waals surface area (Å²) in [6.07, 6.45) is 5.61. The Morgan fingerprint density at radius 1 is 1.15 bits per heavy atom. The van der Waals surface area contributed by atoms with Crippen molar-refractivity contribution in [2.45, 2.75) is 52.0 Å². The molecule has 1 aromatic carbocycles. The predicted molar refractivity (Wildman–Crippen MR) is 99.0 cm³/mol. The normalized spacial score (nSPS) is 18.8. The van der Waals surface area contributed by atoms with E-state index in [1.165, 1.54) is 5.56 Å². The zero-order valence-corrected chi connectivity index (χ0v) is 15.2. The van der Waals surface area contributed by atoms with E-state index >= 15 is 0 Å². The van der Waals surface area contributed by atoms with Gasteiger partial charge in [-0.3, -0.25) is 4.68 Å². The molecular formula is C20H24N4O2. The van der Waals surface area contributed by atoms with E-state index in [4.69, 9.17) is 9.26 Å². The molecule has 1 aliphatic heterocycles. The lowest BCUT2D eigenvalue weighted by molar-refractivity contribution is 0.369. The third kappa shape index (κ3) is 3.96. The van der Waals surface area contributed by atoms with Crippen LogP contribution in [0.1, 0.15) is 35.4 Å². The number of anilines is 1. The Morgan fingerprint density at radius 2 is 2.00 bits per heavy atom. The van der Waals surface area contributed by atoms with Gasteiger partial charge < -0.3 is 14.6 Å². The van der Waals surface area contributed by atoms with Gasteiger partial charge in [0.05, 0.1) is 12.2 Å². The molecule has 2 atom stereocenters. The Labute approximate surface area is 153 Å². The summed E-state index contributed by atoms with van der Waals surface area (Å²) < 4.78 is 12.8. The van der Waals surface area contributed by atoms with Crippen molar-refractivity contribution in [2.75, 3.05) is 5.32 Å². The monoisotopic (exact) mass is 352 g/mol. The maximum Gasteiger partial charge on any atom is 0.156 e. The molecule has 2 aromatic heterocycles. The number of epoxide rings is 1. The van der Waals surface area contributed by atoms with Crippen molar-refractivity contribution in [1.82, 2.24) is 14.9 Å². The Morgan fingerprint density at radius 3 is 2.77 bits per heavy atom. The second-order valence-electron chi connectivity index (χ2n) is 6.82. The van der Waals surface area contributed by atoms with Crippen LogP contribution in [0, 0.1) is 13.8 Å². The number of ether oxygens (including phenoxy) is 1. The number of benzene rings is 1. The smallest absolute Gasteiger partial charge is 0.156 e. The number of hydrogen-bond donors (Lipinski definition) is 1. The molecule has 4 rings (SSSR count). The number of nitrogens with one attached hydrogen (secondary N) is 1. The average Bonchev–Trinajstić information content (AvgIpc) is 3.08. The lowest BCUT2D eigenvalue weighted by atomic mass is 10.1. The van der Waals surface area contributed by atoms with Crippen molar-refractivity contribution in [1.29, 1.82) is 0 Å². The third-order valence-corrected chi connectivity index (χ3v) is 4.81. The first-order chi connectivity index (χ1) is 12.7. The van der Waals surface area contributed by atoms with E-state index in [0.717, 1.165) is 42.1 Å². The van der Waals surface area contributed by atoms with E-state index in [-0.39, 0.29) is 12.3 Å². The van der Waals surface area contributed by atoms with Gasteiger partial charge in [0.15, 0.2) is 6.23 Å². The molecule has 3 heterocycles. The molecule has 2 unspecified atom stereocenters. The Bertz CT molecular complexity index is 836. The van der Waals surface area contributed by atoms with Gasteiger partial charge in [-0.1, -0.05) is 35.5 Å². The van der Waals surface area contributed by atoms with Crippen LogP contribution in [0.4, 0.5) is 5.82 Å². The summed E-state index contributed by atoms with van der Waals surface area (Å²) in [5, 5.41) is 11.9. The summed E-state index contributed by atoms with van der Waals surface area (Å²) in [6, 6.07) is 12.6. The van der Waals surface area contributed by atoms with Gasteiger partial charge in [-0.05, 0) is 38.7 Å². The van der Waals surface area contributed by atoms with Crippen LogP contribution < -0.4 is 5.32 Å². The molecule has 136 valence electrons. The van der Waals surface area contributed by atoms with Crippen LogP contribution in [0.5, 0.6) is 0 Å². The lowest BCUT2D eigenvalue weighted by Gasteiger charge is -2.02. The topological polar surface area (TPSA) is 68.4 Å². The molecule has 1 fully saturated rings. The summed E-state index contributed by atoms with van der Waals surface area (Å²) in [7, 11) is 0. The first kappa shape index (κ1) is 16.8. The Balaban J connectivity index is 1.23. The first-order valence-corrected chi connectivity index (χ1v) is 9.10. The molecule has 6 heteroatoms. The van der Waals surface area contributed by atoms with E-state index < -0.39 is 0 Å². The summed E-state index contributed by atoms with van der Waals surface area (Å²) in [5.74, 6) is 1.68. The molecular weight excluding hydrogens is 328 g/mol. The van der Waals surface area contributed by atoms with Gasteiger partial charge in [0, 0.05) is 17.8 Å². The maximum absolute atomic E-state index is 5.73. The number of aromatic nitrogens is 3. The Kier molecular flexibility index (Phi) is 4.75. The summed E-state index contributed by atoms with van der Waals surface area (Å²) in [4.78, 5) is 0. The molecule has 0 bridgehead atoms. The highest BCUT2D eigenvalue weighted by Crippen LogP contribution is 2.28. The lowest BCUT2D eigenvalue weighted by Crippen LogP contribution is -2.09. The second-order valence-corrected chi connectivity index (χ2v) is 6.82. The van der Waals surface area contributed by atoms with Crippen molar-refractivity contribution < 1.29 is 9.26 Å². The maximum atomic E-state index is 5.73. The molecule has 26 heavy (non-hydrogen) atoms. The van der Waals surface area contributed by atoms with Gasteiger partial charge in [0.1, 0.15) is 17.7 Å². The highest BCUT2D eigenvalue weighted by Gasteiger charge is 2.38. The fourth-order valence-corrected chi connectivity index (χ4v) is 3.20. The van der Waals surface area contributed by atoms with Crippen molar-refractivity contribution >= 4 is 5.82 Å². The summed E-state index contributed by atoms with van der Waals surface area (Å²) >= 11 is 0. The number of aryl methyl sites for hydroxylation is 3. The molecule has 0 saturated carbocycles. The highest BCUT2D eigenvalue weighted by molar-refractivity contribution is 5.35. The van der Waals surface area contributed by atoms with E-state index in [9.17, 15) is 0 Å². The minimum Gasteiger partial charge on any atom is -0.361 e. The van der Waals surface area contributed by atoms with Crippen LogP contribution in [0.25, 0.3) is 0 Å². The molecule has 3 aromatic rings. The zero-order valence-electron chi connectivity index (χ0n) is 15.2. The van der Waals surface area contributed by atoms with Crippen molar-refractivity contribution in [2.24, 2.45) is 0 Å². The van der Waals surface area contributed by atoms with E-state index in [0.29, 0.717) is 6.54 Å². The molecule has 0 radical (unpaired) electrons. The average molecular weight is 352 g/mol. The SMILES string of the molecule is Cc1noc(C)c1Cn1ccc(NC2OC2CCCc2ccccc2)n1. The number of nitrogens with zero attached hydrogens (tertiary/aromatic N) is 3. The minimum atomic E-state index is 0.0770. The zero-order chi connectivity index (χ0) is 17.9. The molecule has 1 saturated heterocycles. The summed E-state index contributed by atoms with van der Waals surface area (Å²) in [5.41, 5.74) is 3.38. The fraction of sp³-hybridized carbons (Fsp3) is 0.400. The van der Waals surface area contributed by atoms with Crippen LogP contribution >= 0.6 is 0 Å². The van der Waals surface area contributed by atoms with Crippen LogP contribution in [0.3, 0.4) is 0 Å². The van der Waals surface area contributed by atoms with Crippen molar-refractivity contribution in [3.05, 3.63) is 65.2 Å². The van der Waals surface area contributed by atoms with Crippen molar-refractivity contribution in [3.8, 4) is 0 Å². The minimum absolute atomic E-state index is 0.0770. The molecule has 6 nitrogen and oxygen atoms in total. The predicted octanol–water partition coefficient (Wildman–Crippen LogP) is 3.70. The molecule has 0 amide bonds. The number of hydrogen-bond acceptors (Lipinski definition) is 5. The molecule has 0 spiro atoms. The van der Waals surface area contributed by atoms with Gasteiger partial charge in [-0.15, -0.1) is 0 Å². The van der Waals surface area contributed by atoms with Gasteiger partial charge in [0.2, 0.25) is 0 Å². The standard InChI is InChI=1S/C20H24N4O2/c1-14-17(15(2)26-23-14)13-24-12-11-19(22-24)21-20-18(25-20)10-6-9-16-7-4-3-5-8-16/h3-5,7-8,11-12,18,20H,6,9-10,13H2,1-2H3,(H,21,22). The molecule has 0 aliphatic carbocycles. The van der Waals surface area contributed by atoms with E-state index in [1.807, 2.05) is 30.8 Å². The fourth-order valence-electron chi connectivity index (χ4n) is 3.20. The first-order valence-electron chi connectivity index (χ1n) is 9.10. The van der Waals surface area contributed by atoms with Gasteiger partial charge in [0.25, 0.3) is 0 Å². The van der Waals surface area contributed by atoms with Gasteiger partial charge in [-0.25, -0.2) is 0 Å². The largest absolute Gasteiger partial charge is 0.361 e. The van der Waals surface area contributed by atoms with Crippen LogP contribution in [0.2, 0.25) is 0 Å². The quantitative estimate of drug-likeness (QED) is 0.626. The highest BCUT2D eigenvalue weighted by atomic mass is 16.6. The number of rotatable bonds is 8. The van der Waals surface area contributed by atoms with Crippen molar-refractivity contribution in [3.63, 3.8) is 0 Å². The Hall–Kier alpha value is -2.60. The molecule has 1 N–H and O–H groups in total. The van der Waals surface area contributed by atoms with E-state index in [1.54, 1.807) is 0 Å². The third-order valence-electron chi connectivity index (χ3n) is 4.81. The molecule has 1 aliphatic rings. The van der Waals surface area contributed by atoms with Crippen LogP contribution in [-0.4, -0.2) is 27.3 Å². The summed E-state index contributed by atoms with van der Waals surface area (Å²) in [6.45, 7) is 4.54. The second kappa shape index (κ2) is 7.33. The van der Waals surface area contributed by atoms with E-state index in [2.05, 4.69) is 45.9 Å². The van der Waals surface area contributed by atoms with Crippen LogP contribution in [0.15, 0.2) is 47.1 Å². The van der Waals surface area contributed by atoms with Crippen LogP contribution in [-0.2, 0) is 17.7 Å². The van der Waals surface area contributed by atoms with Gasteiger partial charge in [-0.2, -0.15) is 5.10 Å².